The van der Waals surface area contributed by atoms with E-state index in [1.54, 1.807) is 18.2 Å². The monoisotopic (exact) mass is 475 g/mol. The molecule has 2 amide bonds. The van der Waals surface area contributed by atoms with E-state index in [0.717, 1.165) is 4.47 Å². The second kappa shape index (κ2) is 9.34. The Hall–Kier alpha value is -3.18. The Kier molecular flexibility index (Phi) is 6.62. The summed E-state index contributed by atoms with van der Waals surface area (Å²) in [5, 5.41) is 25.0. The Labute approximate surface area is 177 Å². The Balaban J connectivity index is 1.53. The number of halogens is 1. The first-order valence-corrected chi connectivity index (χ1v) is 9.95. The predicted molar refractivity (Wildman–Crippen MR) is 111 cm³/mol. The van der Waals surface area contributed by atoms with Crippen LogP contribution in [0.4, 0.5) is 10.8 Å². The van der Waals surface area contributed by atoms with Crippen molar-refractivity contribution < 1.29 is 14.5 Å². The van der Waals surface area contributed by atoms with Crippen molar-refractivity contribution in [1.82, 2.24) is 15.5 Å². The lowest BCUT2D eigenvalue weighted by molar-refractivity contribution is -0.384. The van der Waals surface area contributed by atoms with Gasteiger partial charge < -0.3 is 5.32 Å². The van der Waals surface area contributed by atoms with E-state index in [4.69, 9.17) is 0 Å². The summed E-state index contributed by atoms with van der Waals surface area (Å²) in [6.07, 6.45) is 0.449. The molecule has 0 aliphatic carbocycles. The van der Waals surface area contributed by atoms with Crippen LogP contribution in [0.15, 0.2) is 53.0 Å². The highest BCUT2D eigenvalue weighted by Gasteiger charge is 2.14. The molecule has 1 heterocycles. The van der Waals surface area contributed by atoms with Gasteiger partial charge in [0.25, 0.3) is 17.5 Å². The van der Waals surface area contributed by atoms with Gasteiger partial charge in [0.2, 0.25) is 5.13 Å². The Morgan fingerprint density at radius 2 is 1.79 bits per heavy atom. The summed E-state index contributed by atoms with van der Waals surface area (Å²) < 4.78 is 0.818. The molecule has 11 heteroatoms. The molecule has 2 aromatic carbocycles. The summed E-state index contributed by atoms with van der Waals surface area (Å²) in [6.45, 7) is 0.360. The van der Waals surface area contributed by atoms with Crippen LogP contribution in [0.5, 0.6) is 0 Å². The lowest BCUT2D eigenvalue weighted by Crippen LogP contribution is -2.25. The molecule has 148 valence electrons. The van der Waals surface area contributed by atoms with E-state index < -0.39 is 10.8 Å². The van der Waals surface area contributed by atoms with Gasteiger partial charge in [-0.3, -0.25) is 25.0 Å². The molecular formula is C18H14BrN5O4S. The lowest BCUT2D eigenvalue weighted by Gasteiger charge is -2.04. The average molecular weight is 476 g/mol. The highest BCUT2D eigenvalue weighted by Crippen LogP contribution is 2.18. The number of rotatable bonds is 7. The number of carbonyl (C=O) groups is 2. The van der Waals surface area contributed by atoms with Gasteiger partial charge in [-0.2, -0.15) is 0 Å². The minimum atomic E-state index is -0.567. The van der Waals surface area contributed by atoms with Crippen molar-refractivity contribution in [2.45, 2.75) is 6.42 Å². The summed E-state index contributed by atoms with van der Waals surface area (Å²) in [6, 6.07) is 12.5. The van der Waals surface area contributed by atoms with Crippen LogP contribution in [0.25, 0.3) is 0 Å². The Morgan fingerprint density at radius 3 is 2.52 bits per heavy atom. The first-order chi connectivity index (χ1) is 13.9. The molecule has 9 nitrogen and oxygen atoms in total. The van der Waals surface area contributed by atoms with Gasteiger partial charge in [-0.05, 0) is 24.3 Å². The van der Waals surface area contributed by atoms with Crippen LogP contribution in [-0.2, 0) is 6.42 Å². The van der Waals surface area contributed by atoms with Crippen molar-refractivity contribution >= 4 is 49.9 Å². The van der Waals surface area contributed by atoms with Crippen LogP contribution >= 0.6 is 27.3 Å². The molecule has 1 aromatic heterocycles. The summed E-state index contributed by atoms with van der Waals surface area (Å²) in [4.78, 5) is 34.6. The third-order valence-corrected chi connectivity index (χ3v) is 5.11. The second-order valence-electron chi connectivity index (χ2n) is 5.78. The Bertz CT molecular complexity index is 1070. The van der Waals surface area contributed by atoms with E-state index in [9.17, 15) is 19.7 Å². The molecule has 0 aliphatic heterocycles. The maximum Gasteiger partial charge on any atom is 0.270 e. The van der Waals surface area contributed by atoms with Gasteiger partial charge in [0.05, 0.1) is 4.92 Å². The lowest BCUT2D eigenvalue weighted by atomic mass is 10.2. The van der Waals surface area contributed by atoms with Gasteiger partial charge in [-0.1, -0.05) is 39.4 Å². The number of benzene rings is 2. The highest BCUT2D eigenvalue weighted by molar-refractivity contribution is 9.10. The van der Waals surface area contributed by atoms with Crippen LogP contribution in [0.2, 0.25) is 0 Å². The number of non-ortho nitro benzene ring substituents is 1. The van der Waals surface area contributed by atoms with Crippen LogP contribution in [0.1, 0.15) is 25.7 Å². The van der Waals surface area contributed by atoms with Crippen molar-refractivity contribution in [3.05, 3.63) is 79.3 Å². The van der Waals surface area contributed by atoms with E-state index in [1.165, 1.54) is 35.6 Å². The van der Waals surface area contributed by atoms with Crippen molar-refractivity contribution in [2.75, 3.05) is 11.9 Å². The van der Waals surface area contributed by atoms with Crippen molar-refractivity contribution in [3.63, 3.8) is 0 Å². The molecule has 0 radical (unpaired) electrons. The van der Waals surface area contributed by atoms with Crippen LogP contribution in [0.3, 0.4) is 0 Å². The maximum absolute atomic E-state index is 12.2. The molecular weight excluding hydrogens is 462 g/mol. The molecule has 0 atom stereocenters. The molecule has 29 heavy (non-hydrogen) atoms. The molecule has 0 saturated heterocycles. The number of nitro benzene ring substituents is 1. The standard InChI is InChI=1S/C18H14BrN5O4S/c19-13-5-1-3-11(9-13)16(25)20-8-7-15-22-23-18(29-15)21-17(26)12-4-2-6-14(10-12)24(27)28/h1-6,9-10H,7-8H2,(H,20,25)(H,21,23,26). The molecule has 0 bridgehead atoms. The summed E-state index contributed by atoms with van der Waals surface area (Å²) in [5.41, 5.74) is 0.524. The Morgan fingerprint density at radius 1 is 1.07 bits per heavy atom. The summed E-state index contributed by atoms with van der Waals surface area (Å²) in [7, 11) is 0. The summed E-state index contributed by atoms with van der Waals surface area (Å²) >= 11 is 4.49. The number of hydrogen-bond acceptors (Lipinski definition) is 7. The van der Waals surface area contributed by atoms with Gasteiger partial charge in [0.15, 0.2) is 0 Å². The van der Waals surface area contributed by atoms with Crippen LogP contribution in [-0.4, -0.2) is 33.5 Å². The van der Waals surface area contributed by atoms with E-state index in [-0.39, 0.29) is 22.3 Å². The number of nitrogens with one attached hydrogen (secondary N) is 2. The first kappa shape index (κ1) is 20.6. The molecule has 0 fully saturated rings. The first-order valence-electron chi connectivity index (χ1n) is 8.34. The largest absolute Gasteiger partial charge is 0.352 e. The number of aromatic nitrogens is 2. The minimum absolute atomic E-state index is 0.150. The molecule has 2 N–H and O–H groups in total. The maximum atomic E-state index is 12.2. The number of nitrogens with zero attached hydrogens (tertiary/aromatic N) is 3. The molecule has 3 rings (SSSR count). The molecule has 0 aliphatic rings. The highest BCUT2D eigenvalue weighted by atomic mass is 79.9. The zero-order valence-electron chi connectivity index (χ0n) is 14.8. The number of nitro groups is 1. The van der Waals surface area contributed by atoms with E-state index in [0.29, 0.717) is 23.5 Å². The smallest absolute Gasteiger partial charge is 0.270 e. The van der Waals surface area contributed by atoms with Crippen LogP contribution in [0, 0.1) is 10.1 Å². The fourth-order valence-electron chi connectivity index (χ4n) is 2.35. The van der Waals surface area contributed by atoms with Crippen molar-refractivity contribution in [3.8, 4) is 0 Å². The van der Waals surface area contributed by atoms with E-state index >= 15 is 0 Å². The van der Waals surface area contributed by atoms with Crippen molar-refractivity contribution in [1.29, 1.82) is 0 Å². The molecule has 3 aromatic rings. The number of amides is 2. The number of hydrogen-bond donors (Lipinski definition) is 2. The third kappa shape index (κ3) is 5.65. The summed E-state index contributed by atoms with van der Waals surface area (Å²) in [5.74, 6) is -0.714. The van der Waals surface area contributed by atoms with E-state index in [2.05, 4.69) is 36.8 Å². The van der Waals surface area contributed by atoms with Crippen molar-refractivity contribution in [2.24, 2.45) is 0 Å². The minimum Gasteiger partial charge on any atom is -0.352 e. The van der Waals surface area contributed by atoms with E-state index in [1.807, 2.05) is 6.07 Å². The zero-order valence-corrected chi connectivity index (χ0v) is 17.2. The quantitative estimate of drug-likeness (QED) is 0.397. The zero-order chi connectivity index (χ0) is 20.8. The normalized spacial score (nSPS) is 10.4. The molecule has 0 unspecified atom stereocenters. The predicted octanol–water partition coefficient (Wildman–Crippen LogP) is 3.43. The SMILES string of the molecule is O=C(NCCc1nnc(NC(=O)c2cccc([N+](=O)[O-])c2)s1)c1cccc(Br)c1. The van der Waals surface area contributed by atoms with Gasteiger partial charge >= 0.3 is 0 Å². The van der Waals surface area contributed by atoms with Gasteiger partial charge in [0.1, 0.15) is 5.01 Å². The fourth-order valence-corrected chi connectivity index (χ4v) is 3.48. The number of anilines is 1. The average Bonchev–Trinajstić information content (AvgIpc) is 3.15. The van der Waals surface area contributed by atoms with Gasteiger partial charge in [-0.25, -0.2) is 0 Å². The van der Waals surface area contributed by atoms with Gasteiger partial charge in [0, 0.05) is 40.7 Å². The topological polar surface area (TPSA) is 127 Å². The van der Waals surface area contributed by atoms with Gasteiger partial charge in [-0.15, -0.1) is 10.2 Å². The number of carbonyl (C=O) groups excluding carboxylic acids is 2. The van der Waals surface area contributed by atoms with Crippen LogP contribution < -0.4 is 10.6 Å². The fraction of sp³-hybridized carbons (Fsp3) is 0.111. The third-order valence-electron chi connectivity index (χ3n) is 3.72. The molecule has 0 spiro atoms. The molecule has 0 saturated carbocycles. The second-order valence-corrected chi connectivity index (χ2v) is 7.76.